The van der Waals surface area contributed by atoms with Gasteiger partial charge in [-0.1, -0.05) is 41.5 Å². The van der Waals surface area contributed by atoms with Crippen LogP contribution in [0.5, 0.6) is 11.5 Å². The van der Waals surface area contributed by atoms with Crippen molar-refractivity contribution < 1.29 is 14.3 Å². The van der Waals surface area contributed by atoms with Crippen molar-refractivity contribution in [3.63, 3.8) is 0 Å². The Morgan fingerprint density at radius 1 is 0.792 bits per heavy atom. The molecule has 0 fully saturated rings. The number of ether oxygens (including phenoxy) is 1. The third-order valence-electron chi connectivity index (χ3n) is 4.48. The van der Waals surface area contributed by atoms with Crippen molar-refractivity contribution >= 4 is 21.9 Å². The minimum atomic E-state index is -0.128. The highest BCUT2D eigenvalue weighted by Gasteiger charge is 2.26. The summed E-state index contributed by atoms with van der Waals surface area (Å²) in [6.07, 6.45) is 0. The van der Waals surface area contributed by atoms with Crippen molar-refractivity contribution in [2.75, 3.05) is 7.11 Å². The average molecular weight is 326 g/mol. The summed E-state index contributed by atoms with van der Waals surface area (Å²) in [7, 11) is 1.67. The Morgan fingerprint density at radius 3 is 1.79 bits per heavy atom. The van der Waals surface area contributed by atoms with Crippen molar-refractivity contribution in [1.82, 2.24) is 0 Å². The Hall–Kier alpha value is -2.16. The molecule has 1 heterocycles. The van der Waals surface area contributed by atoms with E-state index in [1.165, 1.54) is 0 Å². The lowest BCUT2D eigenvalue weighted by Crippen LogP contribution is -2.11. The highest BCUT2D eigenvalue weighted by molar-refractivity contribution is 6.08. The predicted molar refractivity (Wildman–Crippen MR) is 99.3 cm³/mol. The molecule has 1 aromatic heterocycles. The number of methoxy groups -OCH3 is 1. The fraction of sp³-hybridized carbons (Fsp3) is 0.429. The molecule has 0 aliphatic heterocycles. The van der Waals surface area contributed by atoms with Crippen LogP contribution in [0.25, 0.3) is 21.9 Å². The van der Waals surface area contributed by atoms with Gasteiger partial charge in [-0.05, 0) is 35.1 Å². The highest BCUT2D eigenvalue weighted by Crippen LogP contribution is 2.43. The molecule has 0 aliphatic rings. The molecule has 0 aliphatic carbocycles. The Balaban J connectivity index is 2.52. The maximum Gasteiger partial charge on any atom is 0.139 e. The summed E-state index contributed by atoms with van der Waals surface area (Å²) in [6, 6.07) is 7.62. The van der Waals surface area contributed by atoms with Crippen molar-refractivity contribution in [2.24, 2.45) is 0 Å². The number of benzene rings is 2. The molecule has 0 amide bonds. The van der Waals surface area contributed by atoms with Crippen molar-refractivity contribution in [2.45, 2.75) is 52.4 Å². The number of hydrogen-bond acceptors (Lipinski definition) is 3. The van der Waals surface area contributed by atoms with Gasteiger partial charge in [0.1, 0.15) is 22.7 Å². The SMILES string of the molecule is COc1cc(C(C)(C)C)c2oc3c(C(C)(C)C)cc(O)cc3c2c1. The van der Waals surface area contributed by atoms with Gasteiger partial charge in [0.05, 0.1) is 7.11 Å². The van der Waals surface area contributed by atoms with E-state index in [9.17, 15) is 5.11 Å². The van der Waals surface area contributed by atoms with E-state index in [2.05, 4.69) is 41.5 Å². The molecule has 0 bridgehead atoms. The smallest absolute Gasteiger partial charge is 0.139 e. The standard InChI is InChI=1S/C21H26O3/c1-20(2,3)16-9-12(22)8-14-15-10-13(23-7)11-17(21(4,5)6)19(15)24-18(14)16/h8-11,22H,1-7H3. The van der Waals surface area contributed by atoms with Crippen LogP contribution in [-0.4, -0.2) is 12.2 Å². The molecule has 2 aromatic carbocycles. The number of aromatic hydroxyl groups is 1. The van der Waals surface area contributed by atoms with E-state index in [4.69, 9.17) is 9.15 Å². The largest absolute Gasteiger partial charge is 0.508 e. The summed E-state index contributed by atoms with van der Waals surface area (Å²) >= 11 is 0. The number of rotatable bonds is 1. The van der Waals surface area contributed by atoms with Gasteiger partial charge in [0.25, 0.3) is 0 Å². The first-order valence-electron chi connectivity index (χ1n) is 8.30. The quantitative estimate of drug-likeness (QED) is 0.606. The third-order valence-corrected chi connectivity index (χ3v) is 4.48. The molecule has 0 unspecified atom stereocenters. The molecule has 0 radical (unpaired) electrons. The van der Waals surface area contributed by atoms with Gasteiger partial charge in [-0.25, -0.2) is 0 Å². The molecule has 3 heteroatoms. The zero-order chi connectivity index (χ0) is 17.9. The molecule has 3 rings (SSSR count). The first-order valence-corrected chi connectivity index (χ1v) is 8.30. The lowest BCUT2D eigenvalue weighted by Gasteiger charge is -2.20. The molecule has 0 saturated heterocycles. The van der Waals surface area contributed by atoms with E-state index in [0.717, 1.165) is 38.8 Å². The summed E-state index contributed by atoms with van der Waals surface area (Å²) in [5, 5.41) is 12.1. The summed E-state index contributed by atoms with van der Waals surface area (Å²) in [4.78, 5) is 0. The summed E-state index contributed by atoms with van der Waals surface area (Å²) in [6.45, 7) is 12.9. The van der Waals surface area contributed by atoms with E-state index >= 15 is 0 Å². The van der Waals surface area contributed by atoms with Crippen LogP contribution in [0, 0.1) is 0 Å². The fourth-order valence-electron chi connectivity index (χ4n) is 3.17. The Labute approximate surface area is 143 Å². The number of furan rings is 1. The van der Waals surface area contributed by atoms with Crippen molar-refractivity contribution in [3.05, 3.63) is 35.4 Å². The van der Waals surface area contributed by atoms with Gasteiger partial charge in [-0.2, -0.15) is 0 Å². The van der Waals surface area contributed by atoms with Gasteiger partial charge in [-0.3, -0.25) is 0 Å². The van der Waals surface area contributed by atoms with Crippen LogP contribution >= 0.6 is 0 Å². The molecule has 1 N–H and O–H groups in total. The normalized spacial score (nSPS) is 13.0. The van der Waals surface area contributed by atoms with E-state index in [0.29, 0.717) is 0 Å². The van der Waals surface area contributed by atoms with Gasteiger partial charge < -0.3 is 14.3 Å². The molecule has 24 heavy (non-hydrogen) atoms. The average Bonchev–Trinajstić information content (AvgIpc) is 2.81. The number of hydrogen-bond donors (Lipinski definition) is 1. The maximum atomic E-state index is 10.2. The molecular weight excluding hydrogens is 300 g/mol. The molecule has 0 saturated carbocycles. The lowest BCUT2D eigenvalue weighted by molar-refractivity contribution is 0.413. The van der Waals surface area contributed by atoms with E-state index in [-0.39, 0.29) is 16.6 Å². The third kappa shape index (κ3) is 2.62. The molecular formula is C21H26O3. The summed E-state index contributed by atoms with van der Waals surface area (Å²) in [5.41, 5.74) is 3.62. The molecule has 3 nitrogen and oxygen atoms in total. The van der Waals surface area contributed by atoms with Crippen LogP contribution < -0.4 is 4.74 Å². The Bertz CT molecular complexity index is 918. The molecule has 0 atom stereocenters. The second kappa shape index (κ2) is 5.17. The van der Waals surface area contributed by atoms with Crippen LogP contribution in [0.2, 0.25) is 0 Å². The highest BCUT2D eigenvalue weighted by atomic mass is 16.5. The summed E-state index contributed by atoms with van der Waals surface area (Å²) in [5.74, 6) is 1.06. The van der Waals surface area contributed by atoms with Crippen LogP contribution in [0.1, 0.15) is 52.7 Å². The summed E-state index contributed by atoms with van der Waals surface area (Å²) < 4.78 is 11.9. The number of phenols is 1. The van der Waals surface area contributed by atoms with Crippen LogP contribution in [0.15, 0.2) is 28.7 Å². The van der Waals surface area contributed by atoms with E-state index < -0.39 is 0 Å². The zero-order valence-corrected chi connectivity index (χ0v) is 15.6. The molecule has 128 valence electrons. The minimum absolute atomic E-state index is 0.0788. The van der Waals surface area contributed by atoms with Gasteiger partial charge >= 0.3 is 0 Å². The Kier molecular flexibility index (Phi) is 3.59. The number of phenolic OH excluding ortho intramolecular Hbond substituents is 1. The first kappa shape index (κ1) is 16.7. The number of fused-ring (bicyclic) bond motifs is 3. The Morgan fingerprint density at radius 2 is 1.29 bits per heavy atom. The maximum absolute atomic E-state index is 10.2. The van der Waals surface area contributed by atoms with Crippen LogP contribution in [-0.2, 0) is 10.8 Å². The van der Waals surface area contributed by atoms with Gasteiger partial charge in [0.15, 0.2) is 0 Å². The fourth-order valence-corrected chi connectivity index (χ4v) is 3.17. The first-order chi connectivity index (χ1) is 11.0. The second-order valence-electron chi connectivity index (χ2n) is 8.52. The van der Waals surface area contributed by atoms with Gasteiger partial charge in [0.2, 0.25) is 0 Å². The van der Waals surface area contributed by atoms with Gasteiger partial charge in [0, 0.05) is 21.9 Å². The lowest BCUT2D eigenvalue weighted by atomic mass is 9.84. The van der Waals surface area contributed by atoms with Crippen LogP contribution in [0.3, 0.4) is 0 Å². The topological polar surface area (TPSA) is 42.6 Å². The van der Waals surface area contributed by atoms with Crippen molar-refractivity contribution in [1.29, 1.82) is 0 Å². The molecule has 0 spiro atoms. The van der Waals surface area contributed by atoms with E-state index in [1.54, 1.807) is 19.2 Å². The monoisotopic (exact) mass is 326 g/mol. The van der Waals surface area contributed by atoms with Crippen LogP contribution in [0.4, 0.5) is 0 Å². The molecule has 3 aromatic rings. The van der Waals surface area contributed by atoms with Crippen molar-refractivity contribution in [3.8, 4) is 11.5 Å². The minimum Gasteiger partial charge on any atom is -0.508 e. The van der Waals surface area contributed by atoms with Gasteiger partial charge in [-0.15, -0.1) is 0 Å². The predicted octanol–water partition coefficient (Wildman–Crippen LogP) is 5.90. The van der Waals surface area contributed by atoms with E-state index in [1.807, 2.05) is 12.1 Å². The second-order valence-corrected chi connectivity index (χ2v) is 8.52. The zero-order valence-electron chi connectivity index (χ0n) is 15.6.